The van der Waals surface area contributed by atoms with Crippen molar-refractivity contribution in [3.63, 3.8) is 0 Å². The van der Waals surface area contributed by atoms with E-state index in [1.54, 1.807) is 24.1 Å². The zero-order valence-corrected chi connectivity index (χ0v) is 17.2. The van der Waals surface area contributed by atoms with E-state index < -0.39 is 4.92 Å². The number of non-ortho nitro benzene ring substituents is 1. The van der Waals surface area contributed by atoms with Gasteiger partial charge in [0, 0.05) is 18.3 Å². The lowest BCUT2D eigenvalue weighted by molar-refractivity contribution is -0.384. The summed E-state index contributed by atoms with van der Waals surface area (Å²) < 4.78 is 0.644. The molecule has 0 saturated heterocycles. The maximum absolute atomic E-state index is 13.4. The van der Waals surface area contributed by atoms with Crippen LogP contribution in [0.25, 0.3) is 10.2 Å². The molecule has 0 spiro atoms. The highest BCUT2D eigenvalue weighted by Crippen LogP contribution is 2.33. The number of thiazole rings is 2. The largest absolute Gasteiger partial charge is 0.277 e. The van der Waals surface area contributed by atoms with E-state index in [1.807, 2.05) is 25.1 Å². The number of amides is 1. The van der Waals surface area contributed by atoms with E-state index in [-0.39, 0.29) is 18.1 Å². The Labute approximate surface area is 173 Å². The van der Waals surface area contributed by atoms with Crippen LogP contribution in [-0.2, 0) is 6.54 Å². The number of hydrogen-bond acceptors (Lipinski definition) is 8. The van der Waals surface area contributed by atoms with Crippen molar-refractivity contribution >= 4 is 49.6 Å². The molecule has 0 aliphatic rings. The highest BCUT2D eigenvalue weighted by Gasteiger charge is 2.26. The highest BCUT2D eigenvalue weighted by atomic mass is 32.1. The van der Waals surface area contributed by atoms with E-state index in [2.05, 4.69) is 15.0 Å². The number of nitrogens with zero attached hydrogens (tertiary/aromatic N) is 5. The summed E-state index contributed by atoms with van der Waals surface area (Å²) >= 11 is 2.57. The van der Waals surface area contributed by atoms with Crippen LogP contribution >= 0.6 is 22.7 Å². The summed E-state index contributed by atoms with van der Waals surface area (Å²) in [6.45, 7) is 3.89. The minimum absolute atomic E-state index is 0.00997. The van der Waals surface area contributed by atoms with Crippen LogP contribution in [0, 0.1) is 24.0 Å². The second kappa shape index (κ2) is 7.64. The number of carbonyl (C=O) groups excluding carboxylic acids is 1. The maximum atomic E-state index is 13.4. The van der Waals surface area contributed by atoms with Gasteiger partial charge in [0.15, 0.2) is 5.13 Å². The summed E-state index contributed by atoms with van der Waals surface area (Å²) in [5, 5.41) is 12.3. The molecule has 0 fully saturated rings. The Morgan fingerprint density at radius 2 is 2.00 bits per heavy atom. The molecule has 146 valence electrons. The van der Waals surface area contributed by atoms with Gasteiger partial charge in [-0.25, -0.2) is 9.97 Å². The van der Waals surface area contributed by atoms with Gasteiger partial charge in [-0.05, 0) is 32.0 Å². The predicted octanol–water partition coefficient (Wildman–Crippen LogP) is 4.52. The van der Waals surface area contributed by atoms with E-state index >= 15 is 0 Å². The fraction of sp³-hybridized carbons (Fsp3) is 0.158. The first-order valence-electron chi connectivity index (χ1n) is 8.63. The van der Waals surface area contributed by atoms with Gasteiger partial charge in [-0.1, -0.05) is 17.4 Å². The molecule has 0 aliphatic heterocycles. The summed E-state index contributed by atoms with van der Waals surface area (Å²) in [6, 6.07) is 9.98. The van der Waals surface area contributed by atoms with Gasteiger partial charge in [-0.2, -0.15) is 0 Å². The smallest absolute Gasteiger partial charge is 0.272 e. The molecule has 0 saturated carbocycles. The number of hydrogen-bond donors (Lipinski definition) is 0. The van der Waals surface area contributed by atoms with Crippen LogP contribution in [-0.4, -0.2) is 25.8 Å². The number of aryl methyl sites for hydroxylation is 2. The number of benzene rings is 1. The number of rotatable bonds is 5. The minimum Gasteiger partial charge on any atom is -0.277 e. The number of anilines is 1. The number of aromatic nitrogens is 3. The average molecular weight is 425 g/mol. The molecule has 3 aromatic heterocycles. The Morgan fingerprint density at radius 1 is 1.17 bits per heavy atom. The van der Waals surface area contributed by atoms with Gasteiger partial charge in [0.2, 0.25) is 0 Å². The van der Waals surface area contributed by atoms with Crippen molar-refractivity contribution in [2.45, 2.75) is 20.4 Å². The van der Waals surface area contributed by atoms with Crippen LogP contribution in [0.15, 0.2) is 42.6 Å². The molecule has 0 unspecified atom stereocenters. The quantitative estimate of drug-likeness (QED) is 0.344. The van der Waals surface area contributed by atoms with Gasteiger partial charge in [0.05, 0.1) is 38.1 Å². The Kier molecular flexibility index (Phi) is 5.03. The summed E-state index contributed by atoms with van der Waals surface area (Å²) in [7, 11) is 0. The van der Waals surface area contributed by atoms with Crippen molar-refractivity contribution in [1.82, 2.24) is 15.0 Å². The summed E-state index contributed by atoms with van der Waals surface area (Å²) in [5.74, 6) is -0.215. The predicted molar refractivity (Wildman–Crippen MR) is 113 cm³/mol. The van der Waals surface area contributed by atoms with E-state index in [9.17, 15) is 14.9 Å². The molecular weight excluding hydrogens is 410 g/mol. The van der Waals surface area contributed by atoms with Gasteiger partial charge in [0.1, 0.15) is 4.88 Å². The van der Waals surface area contributed by atoms with Crippen LogP contribution in [0.3, 0.4) is 0 Å². The van der Waals surface area contributed by atoms with Crippen molar-refractivity contribution in [3.05, 3.63) is 74.0 Å². The Bertz CT molecular complexity index is 1220. The Balaban J connectivity index is 1.79. The number of pyridine rings is 1. The van der Waals surface area contributed by atoms with Gasteiger partial charge >= 0.3 is 0 Å². The number of nitro benzene ring substituents is 1. The number of carbonyl (C=O) groups is 1. The van der Waals surface area contributed by atoms with Crippen molar-refractivity contribution in [3.8, 4) is 0 Å². The lowest BCUT2D eigenvalue weighted by Crippen LogP contribution is -2.30. The average Bonchev–Trinajstić information content (AvgIpc) is 3.28. The third kappa shape index (κ3) is 3.84. The molecule has 0 aliphatic carbocycles. The van der Waals surface area contributed by atoms with Crippen molar-refractivity contribution < 1.29 is 9.72 Å². The zero-order chi connectivity index (χ0) is 20.5. The van der Waals surface area contributed by atoms with Gasteiger partial charge in [0.25, 0.3) is 11.6 Å². The summed E-state index contributed by atoms with van der Waals surface area (Å²) in [4.78, 5) is 39.3. The molecule has 10 heteroatoms. The molecule has 4 rings (SSSR count). The standard InChI is InChI=1S/C19H15N5O3S2/c1-11-17(28-12(2)21-11)18(25)23(10-13-5-3-4-8-20-13)19-22-15-7-6-14(24(26)27)9-16(15)29-19/h3-9H,10H2,1-2H3. The van der Waals surface area contributed by atoms with E-state index in [4.69, 9.17) is 0 Å². The second-order valence-electron chi connectivity index (χ2n) is 6.27. The van der Waals surface area contributed by atoms with Gasteiger partial charge in [-0.15, -0.1) is 11.3 Å². The summed E-state index contributed by atoms with van der Waals surface area (Å²) in [6.07, 6.45) is 1.67. The highest BCUT2D eigenvalue weighted by molar-refractivity contribution is 7.22. The van der Waals surface area contributed by atoms with Crippen LogP contribution in [0.1, 0.15) is 26.1 Å². The Hall–Kier alpha value is -3.24. The second-order valence-corrected chi connectivity index (χ2v) is 8.48. The summed E-state index contributed by atoms with van der Waals surface area (Å²) in [5.41, 5.74) is 1.97. The van der Waals surface area contributed by atoms with Crippen LogP contribution < -0.4 is 4.90 Å². The van der Waals surface area contributed by atoms with Crippen molar-refractivity contribution in [2.75, 3.05) is 4.90 Å². The molecule has 0 N–H and O–H groups in total. The molecule has 3 heterocycles. The van der Waals surface area contributed by atoms with Gasteiger partial charge in [-0.3, -0.25) is 24.8 Å². The monoisotopic (exact) mass is 425 g/mol. The molecule has 0 atom stereocenters. The van der Waals surface area contributed by atoms with Crippen LogP contribution in [0.4, 0.5) is 10.8 Å². The number of nitro groups is 1. The topological polar surface area (TPSA) is 102 Å². The molecule has 1 amide bonds. The molecule has 0 radical (unpaired) electrons. The zero-order valence-electron chi connectivity index (χ0n) is 15.5. The molecule has 4 aromatic rings. The van der Waals surface area contributed by atoms with Crippen molar-refractivity contribution in [2.24, 2.45) is 0 Å². The first-order valence-corrected chi connectivity index (χ1v) is 10.3. The van der Waals surface area contributed by atoms with E-state index in [1.165, 1.54) is 34.8 Å². The fourth-order valence-electron chi connectivity index (χ4n) is 2.86. The Morgan fingerprint density at radius 3 is 2.66 bits per heavy atom. The lowest BCUT2D eigenvalue weighted by Gasteiger charge is -2.19. The van der Waals surface area contributed by atoms with Gasteiger partial charge < -0.3 is 0 Å². The van der Waals surface area contributed by atoms with Crippen LogP contribution in [0.5, 0.6) is 0 Å². The lowest BCUT2D eigenvalue weighted by atomic mass is 10.3. The van der Waals surface area contributed by atoms with E-state index in [0.29, 0.717) is 31.6 Å². The van der Waals surface area contributed by atoms with Crippen molar-refractivity contribution in [1.29, 1.82) is 0 Å². The molecule has 29 heavy (non-hydrogen) atoms. The third-order valence-corrected chi connectivity index (χ3v) is 6.29. The normalized spacial score (nSPS) is 11.0. The molecule has 1 aromatic carbocycles. The minimum atomic E-state index is -0.445. The fourth-order valence-corrected chi connectivity index (χ4v) is 4.73. The van der Waals surface area contributed by atoms with E-state index in [0.717, 1.165) is 5.01 Å². The first kappa shape index (κ1) is 19.1. The number of fused-ring (bicyclic) bond motifs is 1. The molecule has 0 bridgehead atoms. The first-order chi connectivity index (χ1) is 13.9. The SMILES string of the molecule is Cc1nc(C)c(C(=O)N(Cc2ccccn2)c2nc3ccc([N+](=O)[O-])cc3s2)s1. The molecular formula is C19H15N5O3S2. The molecule has 8 nitrogen and oxygen atoms in total. The third-order valence-electron chi connectivity index (χ3n) is 4.19. The maximum Gasteiger partial charge on any atom is 0.272 e. The van der Waals surface area contributed by atoms with Crippen LogP contribution in [0.2, 0.25) is 0 Å².